The fourth-order valence-electron chi connectivity index (χ4n) is 2.23. The fourth-order valence-corrected chi connectivity index (χ4v) is 2.23. The van der Waals surface area contributed by atoms with Crippen molar-refractivity contribution in [2.75, 3.05) is 7.11 Å². The molecule has 0 amide bonds. The average Bonchev–Trinajstić information content (AvgIpc) is 2.97. The SMILES string of the molecule is COc1ccc(C(=O)OCc2nnc(C)o2)c2ccccc12. The summed E-state index contributed by atoms with van der Waals surface area (Å²) in [5.74, 6) is 0.957. The second kappa shape index (κ2) is 5.85. The van der Waals surface area contributed by atoms with Gasteiger partial charge in [0, 0.05) is 12.3 Å². The van der Waals surface area contributed by atoms with Crippen LogP contribution in [0.5, 0.6) is 5.75 Å². The predicted octanol–water partition coefficient (Wildman–Crippen LogP) is 2.90. The van der Waals surface area contributed by atoms with E-state index in [1.54, 1.807) is 26.2 Å². The second-order valence-corrected chi connectivity index (χ2v) is 4.65. The number of hydrogen-bond acceptors (Lipinski definition) is 6. The number of aryl methyl sites for hydroxylation is 1. The molecule has 2 aromatic carbocycles. The maximum absolute atomic E-state index is 12.3. The van der Waals surface area contributed by atoms with Gasteiger partial charge in [0.05, 0.1) is 12.7 Å². The number of carbonyl (C=O) groups is 1. The highest BCUT2D eigenvalue weighted by Crippen LogP contribution is 2.28. The quantitative estimate of drug-likeness (QED) is 0.689. The van der Waals surface area contributed by atoms with Gasteiger partial charge in [-0.1, -0.05) is 24.3 Å². The van der Waals surface area contributed by atoms with Crippen LogP contribution in [-0.2, 0) is 11.3 Å². The van der Waals surface area contributed by atoms with Crippen molar-refractivity contribution in [3.05, 3.63) is 53.7 Å². The van der Waals surface area contributed by atoms with Gasteiger partial charge in [0.1, 0.15) is 5.75 Å². The number of ether oxygens (including phenoxy) is 2. The van der Waals surface area contributed by atoms with E-state index in [1.807, 2.05) is 24.3 Å². The minimum atomic E-state index is -0.449. The summed E-state index contributed by atoms with van der Waals surface area (Å²) in [5, 5.41) is 9.10. The number of methoxy groups -OCH3 is 1. The maximum atomic E-state index is 12.3. The van der Waals surface area contributed by atoms with Crippen LogP contribution in [0.4, 0.5) is 0 Å². The molecule has 0 bridgehead atoms. The van der Waals surface area contributed by atoms with Gasteiger partial charge in [-0.05, 0) is 17.5 Å². The molecule has 0 radical (unpaired) electrons. The van der Waals surface area contributed by atoms with E-state index in [0.717, 1.165) is 10.8 Å². The Morgan fingerprint density at radius 2 is 1.91 bits per heavy atom. The topological polar surface area (TPSA) is 74.5 Å². The maximum Gasteiger partial charge on any atom is 0.339 e. The van der Waals surface area contributed by atoms with Crippen molar-refractivity contribution in [2.45, 2.75) is 13.5 Å². The van der Waals surface area contributed by atoms with Crippen molar-refractivity contribution in [3.8, 4) is 5.75 Å². The molecule has 6 heteroatoms. The van der Waals surface area contributed by atoms with E-state index in [9.17, 15) is 4.79 Å². The zero-order valence-electron chi connectivity index (χ0n) is 12.2. The number of hydrogen-bond donors (Lipinski definition) is 0. The summed E-state index contributed by atoms with van der Waals surface area (Å²) in [4.78, 5) is 12.3. The molecule has 0 saturated carbocycles. The van der Waals surface area contributed by atoms with Crippen LogP contribution in [0, 0.1) is 6.92 Å². The summed E-state index contributed by atoms with van der Waals surface area (Å²) in [5.41, 5.74) is 0.465. The summed E-state index contributed by atoms with van der Waals surface area (Å²) in [6.07, 6.45) is 0. The lowest BCUT2D eigenvalue weighted by Crippen LogP contribution is -2.06. The largest absolute Gasteiger partial charge is 0.496 e. The van der Waals surface area contributed by atoms with Gasteiger partial charge in [-0.3, -0.25) is 0 Å². The van der Waals surface area contributed by atoms with Gasteiger partial charge in [-0.25, -0.2) is 4.79 Å². The molecule has 22 heavy (non-hydrogen) atoms. The summed E-state index contributed by atoms with van der Waals surface area (Å²) in [7, 11) is 1.59. The highest BCUT2D eigenvalue weighted by atomic mass is 16.5. The van der Waals surface area contributed by atoms with Crippen molar-refractivity contribution in [1.29, 1.82) is 0 Å². The van der Waals surface area contributed by atoms with Gasteiger partial charge in [-0.15, -0.1) is 10.2 Å². The third-order valence-electron chi connectivity index (χ3n) is 3.22. The van der Waals surface area contributed by atoms with E-state index in [2.05, 4.69) is 10.2 Å². The van der Waals surface area contributed by atoms with E-state index >= 15 is 0 Å². The summed E-state index contributed by atoms with van der Waals surface area (Å²) >= 11 is 0. The molecule has 0 aliphatic heterocycles. The molecular formula is C16H14N2O4. The van der Waals surface area contributed by atoms with E-state index in [4.69, 9.17) is 13.9 Å². The number of carbonyl (C=O) groups excluding carboxylic acids is 1. The molecule has 0 saturated heterocycles. The highest BCUT2D eigenvalue weighted by molar-refractivity contribution is 6.06. The molecule has 6 nitrogen and oxygen atoms in total. The first-order valence-corrected chi connectivity index (χ1v) is 6.71. The third-order valence-corrected chi connectivity index (χ3v) is 3.22. The van der Waals surface area contributed by atoms with Crippen molar-refractivity contribution >= 4 is 16.7 Å². The van der Waals surface area contributed by atoms with Crippen LogP contribution in [0.1, 0.15) is 22.1 Å². The van der Waals surface area contributed by atoms with Gasteiger partial charge >= 0.3 is 5.97 Å². The molecule has 0 unspecified atom stereocenters. The van der Waals surface area contributed by atoms with Crippen LogP contribution in [0.15, 0.2) is 40.8 Å². The Morgan fingerprint density at radius 1 is 1.14 bits per heavy atom. The Bertz CT molecular complexity index is 826. The summed E-state index contributed by atoms with van der Waals surface area (Å²) in [6.45, 7) is 1.62. The van der Waals surface area contributed by atoms with E-state index in [-0.39, 0.29) is 12.5 Å². The number of rotatable bonds is 4. The number of esters is 1. The van der Waals surface area contributed by atoms with Gasteiger partial charge in [-0.2, -0.15) is 0 Å². The number of aromatic nitrogens is 2. The van der Waals surface area contributed by atoms with Gasteiger partial charge in [0.15, 0.2) is 6.61 Å². The lowest BCUT2D eigenvalue weighted by atomic mass is 10.0. The molecule has 112 valence electrons. The smallest absolute Gasteiger partial charge is 0.339 e. The zero-order valence-corrected chi connectivity index (χ0v) is 12.2. The molecular weight excluding hydrogens is 284 g/mol. The Hall–Kier alpha value is -2.89. The summed E-state index contributed by atoms with van der Waals surface area (Å²) < 4.78 is 15.7. The molecule has 0 atom stereocenters. The molecule has 3 aromatic rings. The van der Waals surface area contributed by atoms with Crippen molar-refractivity contribution < 1.29 is 18.7 Å². The molecule has 1 heterocycles. The second-order valence-electron chi connectivity index (χ2n) is 4.65. The Morgan fingerprint density at radius 3 is 2.59 bits per heavy atom. The van der Waals surface area contributed by atoms with Crippen LogP contribution in [-0.4, -0.2) is 23.3 Å². The molecule has 0 fully saturated rings. The molecule has 0 aliphatic carbocycles. The fraction of sp³-hybridized carbons (Fsp3) is 0.188. The van der Waals surface area contributed by atoms with Crippen LogP contribution < -0.4 is 4.74 Å². The average molecular weight is 298 g/mol. The minimum Gasteiger partial charge on any atom is -0.496 e. The van der Waals surface area contributed by atoms with Crippen LogP contribution >= 0.6 is 0 Å². The van der Waals surface area contributed by atoms with Crippen LogP contribution in [0.2, 0.25) is 0 Å². The number of fused-ring (bicyclic) bond motifs is 1. The van der Waals surface area contributed by atoms with Crippen molar-refractivity contribution in [1.82, 2.24) is 10.2 Å². The number of nitrogens with zero attached hydrogens (tertiary/aromatic N) is 2. The normalized spacial score (nSPS) is 10.6. The highest BCUT2D eigenvalue weighted by Gasteiger charge is 2.15. The molecule has 0 aliphatic rings. The Labute approximate surface area is 126 Å². The van der Waals surface area contributed by atoms with Crippen LogP contribution in [0.3, 0.4) is 0 Å². The minimum absolute atomic E-state index is 0.0555. The van der Waals surface area contributed by atoms with Crippen molar-refractivity contribution in [2.24, 2.45) is 0 Å². The molecule has 1 aromatic heterocycles. The Balaban J connectivity index is 1.88. The zero-order chi connectivity index (χ0) is 15.5. The molecule has 0 spiro atoms. The van der Waals surface area contributed by atoms with E-state index in [1.165, 1.54) is 0 Å². The standard InChI is InChI=1S/C16H14N2O4/c1-10-17-18-15(22-10)9-21-16(19)13-7-8-14(20-2)12-6-4-3-5-11(12)13/h3-8H,9H2,1-2H3. The first-order valence-electron chi connectivity index (χ1n) is 6.71. The van der Waals surface area contributed by atoms with Crippen LogP contribution in [0.25, 0.3) is 10.8 Å². The monoisotopic (exact) mass is 298 g/mol. The lowest BCUT2D eigenvalue weighted by molar-refractivity contribution is 0.0439. The Kier molecular flexibility index (Phi) is 3.74. The number of benzene rings is 2. The first-order chi connectivity index (χ1) is 10.7. The lowest BCUT2D eigenvalue weighted by Gasteiger charge is -2.09. The van der Waals surface area contributed by atoms with E-state index in [0.29, 0.717) is 17.2 Å². The molecule has 3 rings (SSSR count). The first kappa shape index (κ1) is 14.1. The van der Waals surface area contributed by atoms with E-state index < -0.39 is 5.97 Å². The third kappa shape index (κ3) is 2.63. The molecule has 0 N–H and O–H groups in total. The van der Waals surface area contributed by atoms with Crippen molar-refractivity contribution in [3.63, 3.8) is 0 Å². The van der Waals surface area contributed by atoms with Gasteiger partial charge in [0.2, 0.25) is 5.89 Å². The summed E-state index contributed by atoms with van der Waals surface area (Å²) in [6, 6.07) is 10.9. The van der Waals surface area contributed by atoms with Gasteiger partial charge in [0.25, 0.3) is 5.89 Å². The van der Waals surface area contributed by atoms with Gasteiger partial charge < -0.3 is 13.9 Å². The predicted molar refractivity (Wildman–Crippen MR) is 78.7 cm³/mol.